The number of aromatic nitrogens is 4. The van der Waals surface area contributed by atoms with Gasteiger partial charge in [0, 0.05) is 49.9 Å². The predicted molar refractivity (Wildman–Crippen MR) is 205 cm³/mol. The molecule has 0 amide bonds. The van der Waals surface area contributed by atoms with Crippen molar-refractivity contribution in [2.24, 2.45) is 0 Å². The molecule has 0 radical (unpaired) electrons. The average molecular weight is 913 g/mol. The molecule has 65 heavy (non-hydrogen) atoms. The lowest BCUT2D eigenvalue weighted by atomic mass is 10.0. The molecule has 0 saturated carbocycles. The molecule has 3 aromatic heterocycles. The van der Waals surface area contributed by atoms with Crippen molar-refractivity contribution in [3.63, 3.8) is 0 Å². The lowest BCUT2D eigenvalue weighted by molar-refractivity contribution is 0.112. The van der Waals surface area contributed by atoms with Crippen LogP contribution in [-0.4, -0.2) is 26.2 Å². The van der Waals surface area contributed by atoms with Gasteiger partial charge in [-0.05, 0) is 54.1 Å². The molecule has 326 valence electrons. The van der Waals surface area contributed by atoms with Gasteiger partial charge in [-0.15, -0.1) is 0 Å². The fourth-order valence-electron chi connectivity index (χ4n) is 7.50. The molecule has 0 aliphatic carbocycles. The van der Waals surface area contributed by atoms with E-state index in [2.05, 4.69) is 19.9 Å². The Labute approximate surface area is 351 Å². The van der Waals surface area contributed by atoms with Gasteiger partial charge < -0.3 is 9.97 Å². The largest absolute Gasteiger partial charge is 0.354 e. The molecule has 0 atom stereocenters. The molecule has 7 aromatic rings. The first-order valence-corrected chi connectivity index (χ1v) is 18.2. The van der Waals surface area contributed by atoms with Gasteiger partial charge in [-0.1, -0.05) is 24.3 Å². The van der Waals surface area contributed by atoms with E-state index in [0.717, 1.165) is 36.4 Å². The Hall–Kier alpha value is -7.90. The van der Waals surface area contributed by atoms with Gasteiger partial charge in [-0.3, -0.25) is 4.79 Å². The van der Waals surface area contributed by atoms with Crippen molar-refractivity contribution in [2.75, 3.05) is 0 Å². The second-order valence-corrected chi connectivity index (χ2v) is 14.1. The minimum atomic E-state index is -2.62. The summed E-state index contributed by atoms with van der Waals surface area (Å²) in [6, 6.07) is 9.29. The molecular weight excluding hydrogens is 897 g/mol. The maximum atomic E-state index is 15.8. The lowest BCUT2D eigenvalue weighted by Gasteiger charge is -2.11. The predicted octanol–water partition coefficient (Wildman–Crippen LogP) is 13.2. The minimum absolute atomic E-state index is 0.0224. The molecular formula is C45H15F15N4O. The van der Waals surface area contributed by atoms with Crippen LogP contribution in [0.25, 0.3) is 90.9 Å². The maximum Gasteiger partial charge on any atom is 0.200 e. The monoisotopic (exact) mass is 912 g/mol. The topological polar surface area (TPSA) is 74.4 Å². The van der Waals surface area contributed by atoms with Crippen molar-refractivity contribution in [1.82, 2.24) is 19.9 Å². The quantitative estimate of drug-likeness (QED) is 0.0782. The number of benzene rings is 4. The van der Waals surface area contributed by atoms with E-state index in [9.17, 15) is 44.3 Å². The number of rotatable bonds is 5. The van der Waals surface area contributed by atoms with E-state index in [0.29, 0.717) is 6.29 Å². The van der Waals surface area contributed by atoms with Gasteiger partial charge in [0.05, 0.1) is 39.5 Å². The Morgan fingerprint density at radius 2 is 0.554 bits per heavy atom. The van der Waals surface area contributed by atoms with E-state index in [-0.39, 0.29) is 27.9 Å². The molecule has 5 heterocycles. The highest BCUT2D eigenvalue weighted by Gasteiger charge is 2.33. The van der Waals surface area contributed by atoms with Crippen molar-refractivity contribution >= 4 is 52.7 Å². The van der Waals surface area contributed by atoms with Crippen LogP contribution < -0.4 is 0 Å². The molecule has 0 saturated heterocycles. The number of carbonyl (C=O) groups is 1. The number of hydrogen-bond donors (Lipinski definition) is 2. The second kappa shape index (κ2) is 15.4. The normalized spacial score (nSPS) is 12.2. The van der Waals surface area contributed by atoms with Crippen LogP contribution in [0.4, 0.5) is 65.9 Å². The van der Waals surface area contributed by atoms with Gasteiger partial charge in [0.1, 0.15) is 6.29 Å². The highest BCUT2D eigenvalue weighted by molar-refractivity contribution is 6.00. The Morgan fingerprint density at radius 3 is 0.831 bits per heavy atom. The number of aldehydes is 1. The third-order valence-electron chi connectivity index (χ3n) is 10.5. The fourth-order valence-corrected chi connectivity index (χ4v) is 7.50. The van der Waals surface area contributed by atoms with Gasteiger partial charge in [0.15, 0.2) is 69.8 Å². The standard InChI is InChI=1S/C45H15F15N4O/c46-31-28(32(47)38(53)43(58)37(31)52)25-18-7-5-16(61-18)24(15-3-1-14(13-65)2-4-15)17-6-8-19(62-17)26(29-33(48)39(54)44(59)40(55)34(29)49)21-10-12-23(64-21)27(22-11-9-20(25)63-22)30-35(50)41(56)45(60)42(57)36(30)51/h1-13,61,64H. The van der Waals surface area contributed by atoms with Crippen LogP contribution in [0.15, 0.2) is 48.5 Å². The maximum absolute atomic E-state index is 15.8. The molecule has 2 N–H and O–H groups in total. The second-order valence-electron chi connectivity index (χ2n) is 14.1. The summed E-state index contributed by atoms with van der Waals surface area (Å²) in [7, 11) is 0. The molecule has 9 rings (SSSR count). The summed E-state index contributed by atoms with van der Waals surface area (Å²) in [5, 5.41) is 0. The number of fused-ring (bicyclic) bond motifs is 8. The minimum Gasteiger partial charge on any atom is -0.354 e. The zero-order chi connectivity index (χ0) is 46.5. The summed E-state index contributed by atoms with van der Waals surface area (Å²) in [5.41, 5.74) is -12.0. The molecule has 8 bridgehead atoms. The van der Waals surface area contributed by atoms with Crippen LogP contribution >= 0.6 is 0 Å². The van der Waals surface area contributed by atoms with Gasteiger partial charge in [0.25, 0.3) is 0 Å². The van der Waals surface area contributed by atoms with Crippen molar-refractivity contribution in [1.29, 1.82) is 0 Å². The third-order valence-corrected chi connectivity index (χ3v) is 10.5. The first-order chi connectivity index (χ1) is 30.9. The highest BCUT2D eigenvalue weighted by atomic mass is 19.2. The molecule has 0 fully saturated rings. The van der Waals surface area contributed by atoms with Gasteiger partial charge >= 0.3 is 0 Å². The Balaban J connectivity index is 1.56. The molecule has 20 heteroatoms. The molecule has 4 aromatic carbocycles. The number of halogens is 15. The summed E-state index contributed by atoms with van der Waals surface area (Å²) >= 11 is 0. The molecule has 0 unspecified atom stereocenters. The van der Waals surface area contributed by atoms with Crippen molar-refractivity contribution in [2.45, 2.75) is 0 Å². The van der Waals surface area contributed by atoms with E-state index in [1.165, 1.54) is 36.4 Å². The number of nitrogens with one attached hydrogen (secondary N) is 2. The van der Waals surface area contributed by atoms with E-state index >= 15 is 26.3 Å². The van der Waals surface area contributed by atoms with Crippen LogP contribution in [0.3, 0.4) is 0 Å². The fraction of sp³-hybridized carbons (Fsp3) is 0. The van der Waals surface area contributed by atoms with E-state index in [1.54, 1.807) is 0 Å². The van der Waals surface area contributed by atoms with Crippen LogP contribution in [0.1, 0.15) is 33.1 Å². The summed E-state index contributed by atoms with van der Waals surface area (Å²) in [4.78, 5) is 25.2. The average Bonchev–Trinajstić information content (AvgIpc) is 4.16. The van der Waals surface area contributed by atoms with Crippen LogP contribution in [0.5, 0.6) is 0 Å². The zero-order valence-corrected chi connectivity index (χ0v) is 31.5. The highest BCUT2D eigenvalue weighted by Crippen LogP contribution is 2.43. The van der Waals surface area contributed by atoms with Crippen molar-refractivity contribution in [3.8, 4) is 44.5 Å². The van der Waals surface area contributed by atoms with E-state index in [4.69, 9.17) is 0 Å². The molecule has 2 aliphatic heterocycles. The number of aromatic amines is 2. The Bertz CT molecular complexity index is 3370. The Morgan fingerprint density at radius 1 is 0.308 bits per heavy atom. The Kier molecular flexibility index (Phi) is 10.1. The SMILES string of the molecule is O=Cc1ccc(-c2c3nc(c(-c4c(F)c(F)c(F)c(F)c4F)c4ccc([nH]4)c(-c4c(F)c(F)c(F)c(F)c4F)c4nc(c(-c5c(F)c(F)c(F)c(F)c5F)c5ccc2[nH]5)C=C4)C=C3)cc1. The third kappa shape index (κ3) is 6.41. The smallest absolute Gasteiger partial charge is 0.200 e. The number of nitrogens with zero attached hydrogens (tertiary/aromatic N) is 2. The van der Waals surface area contributed by atoms with Gasteiger partial charge in [-0.25, -0.2) is 75.8 Å². The number of carbonyl (C=O) groups excluding carboxylic acids is 1. The van der Waals surface area contributed by atoms with Crippen LogP contribution in [0.2, 0.25) is 0 Å². The number of H-pyrrole nitrogens is 2. The first-order valence-electron chi connectivity index (χ1n) is 18.2. The first kappa shape index (κ1) is 42.4. The number of hydrogen-bond acceptors (Lipinski definition) is 3. The molecule has 5 nitrogen and oxygen atoms in total. The lowest BCUT2D eigenvalue weighted by Crippen LogP contribution is -2.06. The van der Waals surface area contributed by atoms with Gasteiger partial charge in [-0.2, -0.15) is 0 Å². The van der Waals surface area contributed by atoms with E-state index in [1.807, 2.05) is 0 Å². The molecule has 0 spiro atoms. The summed E-state index contributed by atoms with van der Waals surface area (Å²) < 4.78 is 227. The van der Waals surface area contributed by atoms with Crippen LogP contribution in [-0.2, 0) is 0 Å². The van der Waals surface area contributed by atoms with Crippen LogP contribution in [0, 0.1) is 87.3 Å². The van der Waals surface area contributed by atoms with E-state index < -0.39 is 154 Å². The van der Waals surface area contributed by atoms with Crippen molar-refractivity contribution < 1.29 is 70.7 Å². The zero-order valence-electron chi connectivity index (χ0n) is 31.5. The molecule has 2 aliphatic rings. The van der Waals surface area contributed by atoms with Crippen molar-refractivity contribution in [3.05, 3.63) is 164 Å². The summed E-state index contributed by atoms with van der Waals surface area (Å²) in [5.74, 6) is -37.0. The summed E-state index contributed by atoms with van der Waals surface area (Å²) in [6.45, 7) is 0. The summed E-state index contributed by atoms with van der Waals surface area (Å²) in [6.07, 6.45) is 4.27. The van der Waals surface area contributed by atoms with Gasteiger partial charge in [0.2, 0.25) is 17.5 Å².